The number of rotatable bonds is 4. The molecule has 3 rings (SSSR count). The van der Waals surface area contributed by atoms with Crippen molar-refractivity contribution in [2.45, 2.75) is 19.9 Å². The Hall–Kier alpha value is -2.22. The quantitative estimate of drug-likeness (QED) is 0.787. The van der Waals surface area contributed by atoms with E-state index in [0.717, 1.165) is 44.0 Å². The van der Waals surface area contributed by atoms with E-state index in [9.17, 15) is 9.59 Å². The van der Waals surface area contributed by atoms with Crippen LogP contribution in [0.1, 0.15) is 17.8 Å². The van der Waals surface area contributed by atoms with Crippen molar-refractivity contribution in [3.05, 3.63) is 23.8 Å². The van der Waals surface area contributed by atoms with Gasteiger partial charge in [-0.1, -0.05) is 0 Å². The fourth-order valence-electron chi connectivity index (χ4n) is 2.94. The van der Waals surface area contributed by atoms with Crippen LogP contribution in [0.25, 0.3) is 0 Å². The van der Waals surface area contributed by atoms with Gasteiger partial charge in [0.2, 0.25) is 5.91 Å². The zero-order valence-corrected chi connectivity index (χ0v) is 14.0. The number of nitrogens with zero attached hydrogens (tertiary/aromatic N) is 5. The van der Waals surface area contributed by atoms with Gasteiger partial charge in [-0.2, -0.15) is 0 Å². The number of carbonyl (C=O) groups excluding carboxylic acids is 2. The monoisotopic (exact) mass is 333 g/mol. The molecule has 0 radical (unpaired) electrons. The number of aryl methyl sites for hydroxylation is 1. The van der Waals surface area contributed by atoms with Crippen molar-refractivity contribution in [1.29, 1.82) is 0 Å². The van der Waals surface area contributed by atoms with E-state index in [2.05, 4.69) is 14.9 Å². The summed E-state index contributed by atoms with van der Waals surface area (Å²) in [5.41, 5.74) is 1.85. The molecule has 2 aliphatic heterocycles. The smallest absolute Gasteiger partial charge is 0.410 e. The molecular formula is C16H23N5O3. The molecule has 2 aliphatic rings. The zero-order chi connectivity index (χ0) is 16.9. The van der Waals surface area contributed by atoms with Crippen LogP contribution < -0.4 is 0 Å². The van der Waals surface area contributed by atoms with E-state index in [-0.39, 0.29) is 12.5 Å². The Kier molecular flexibility index (Phi) is 5.24. The zero-order valence-electron chi connectivity index (χ0n) is 14.0. The van der Waals surface area contributed by atoms with Gasteiger partial charge in [0.25, 0.3) is 0 Å². The number of aromatic nitrogens is 2. The van der Waals surface area contributed by atoms with Crippen LogP contribution in [-0.2, 0) is 16.1 Å². The van der Waals surface area contributed by atoms with Gasteiger partial charge in [-0.15, -0.1) is 0 Å². The number of ether oxygens (including phenoxy) is 1. The average Bonchev–Trinajstić information content (AvgIpc) is 2.83. The first-order valence-electron chi connectivity index (χ1n) is 8.31. The van der Waals surface area contributed by atoms with Gasteiger partial charge in [0.15, 0.2) is 0 Å². The van der Waals surface area contributed by atoms with Gasteiger partial charge in [0, 0.05) is 45.1 Å². The van der Waals surface area contributed by atoms with Gasteiger partial charge in [-0.25, -0.2) is 4.79 Å². The summed E-state index contributed by atoms with van der Waals surface area (Å²) in [7, 11) is 0. The van der Waals surface area contributed by atoms with E-state index in [1.165, 1.54) is 4.90 Å². The fraction of sp³-hybridized carbons (Fsp3) is 0.625. The highest BCUT2D eigenvalue weighted by Gasteiger charge is 2.27. The van der Waals surface area contributed by atoms with Crippen LogP contribution >= 0.6 is 0 Å². The van der Waals surface area contributed by atoms with Gasteiger partial charge >= 0.3 is 6.09 Å². The third kappa shape index (κ3) is 4.19. The lowest BCUT2D eigenvalue weighted by Gasteiger charge is -2.23. The van der Waals surface area contributed by atoms with Crippen molar-refractivity contribution < 1.29 is 14.3 Å². The number of amides is 2. The Balaban J connectivity index is 1.50. The normalized spacial score (nSPS) is 19.3. The van der Waals surface area contributed by atoms with E-state index in [1.807, 2.05) is 18.0 Å². The number of hydrogen-bond acceptors (Lipinski definition) is 6. The average molecular weight is 333 g/mol. The van der Waals surface area contributed by atoms with Crippen molar-refractivity contribution in [1.82, 2.24) is 24.7 Å². The summed E-state index contributed by atoms with van der Waals surface area (Å²) in [6.45, 7) is 6.75. The lowest BCUT2D eigenvalue weighted by atomic mass is 10.3. The summed E-state index contributed by atoms with van der Waals surface area (Å²) < 4.78 is 4.87. The summed E-state index contributed by atoms with van der Waals surface area (Å²) >= 11 is 0. The second-order valence-electron chi connectivity index (χ2n) is 6.20. The first kappa shape index (κ1) is 16.6. The maximum absolute atomic E-state index is 12.4. The SMILES string of the molecule is Cc1cnc(CN2CCCN(C(=O)CN3CCOC3=O)CC2)cn1. The molecule has 1 aromatic rings. The molecule has 2 fully saturated rings. The van der Waals surface area contributed by atoms with E-state index in [0.29, 0.717) is 19.7 Å². The molecule has 8 heteroatoms. The van der Waals surface area contributed by atoms with Crippen LogP contribution in [0.4, 0.5) is 4.79 Å². The maximum atomic E-state index is 12.4. The summed E-state index contributed by atoms with van der Waals surface area (Å²) in [6, 6.07) is 0. The van der Waals surface area contributed by atoms with Crippen LogP contribution in [0.2, 0.25) is 0 Å². The molecule has 0 aromatic carbocycles. The van der Waals surface area contributed by atoms with Crippen LogP contribution in [0.15, 0.2) is 12.4 Å². The second-order valence-corrected chi connectivity index (χ2v) is 6.20. The van der Waals surface area contributed by atoms with E-state index >= 15 is 0 Å². The maximum Gasteiger partial charge on any atom is 0.410 e. The standard InChI is InChI=1S/C16H23N5O3/c1-13-9-18-14(10-17-13)11-19-3-2-4-20(6-5-19)15(22)12-21-7-8-24-16(21)23/h9-10H,2-8,11-12H2,1H3. The van der Waals surface area contributed by atoms with Crippen molar-refractivity contribution in [2.75, 3.05) is 45.9 Å². The predicted octanol–water partition coefficient (Wildman–Crippen LogP) is 0.272. The lowest BCUT2D eigenvalue weighted by Crippen LogP contribution is -2.42. The minimum Gasteiger partial charge on any atom is -0.448 e. The molecule has 0 N–H and O–H groups in total. The van der Waals surface area contributed by atoms with Gasteiger partial charge in [0.05, 0.1) is 17.9 Å². The fourth-order valence-corrected chi connectivity index (χ4v) is 2.94. The Labute approximate surface area is 141 Å². The van der Waals surface area contributed by atoms with Crippen LogP contribution in [0.3, 0.4) is 0 Å². The Morgan fingerprint density at radius 2 is 2.04 bits per heavy atom. The first-order chi connectivity index (χ1) is 11.6. The van der Waals surface area contributed by atoms with E-state index in [1.54, 1.807) is 6.20 Å². The summed E-state index contributed by atoms with van der Waals surface area (Å²) in [6.07, 6.45) is 4.10. The highest BCUT2D eigenvalue weighted by atomic mass is 16.6. The number of cyclic esters (lactones) is 1. The molecular weight excluding hydrogens is 310 g/mol. The van der Waals surface area contributed by atoms with Crippen molar-refractivity contribution >= 4 is 12.0 Å². The van der Waals surface area contributed by atoms with Crippen LogP contribution in [0, 0.1) is 6.92 Å². The molecule has 2 amide bonds. The molecule has 3 heterocycles. The van der Waals surface area contributed by atoms with Crippen molar-refractivity contribution in [3.8, 4) is 0 Å². The van der Waals surface area contributed by atoms with Gasteiger partial charge < -0.3 is 9.64 Å². The molecule has 0 saturated carbocycles. The van der Waals surface area contributed by atoms with Gasteiger partial charge in [-0.05, 0) is 13.3 Å². The van der Waals surface area contributed by atoms with Crippen molar-refractivity contribution in [2.24, 2.45) is 0 Å². The molecule has 0 spiro atoms. The second kappa shape index (κ2) is 7.57. The van der Waals surface area contributed by atoms with Gasteiger partial charge in [-0.3, -0.25) is 24.6 Å². The third-order valence-electron chi connectivity index (χ3n) is 4.33. The predicted molar refractivity (Wildman–Crippen MR) is 86.2 cm³/mol. The number of carbonyl (C=O) groups is 2. The number of hydrogen-bond donors (Lipinski definition) is 0. The minimum atomic E-state index is -0.391. The highest BCUT2D eigenvalue weighted by Crippen LogP contribution is 2.09. The largest absolute Gasteiger partial charge is 0.448 e. The molecule has 24 heavy (non-hydrogen) atoms. The molecule has 8 nitrogen and oxygen atoms in total. The Morgan fingerprint density at radius 1 is 1.17 bits per heavy atom. The van der Waals surface area contributed by atoms with Crippen LogP contribution in [0.5, 0.6) is 0 Å². The Morgan fingerprint density at radius 3 is 2.75 bits per heavy atom. The summed E-state index contributed by atoms with van der Waals surface area (Å²) in [5.74, 6) is -0.00849. The summed E-state index contributed by atoms with van der Waals surface area (Å²) in [4.78, 5) is 38.1. The van der Waals surface area contributed by atoms with Gasteiger partial charge in [0.1, 0.15) is 13.2 Å². The summed E-state index contributed by atoms with van der Waals surface area (Å²) in [5, 5.41) is 0. The van der Waals surface area contributed by atoms with Crippen LogP contribution in [-0.4, -0.2) is 82.5 Å². The highest BCUT2D eigenvalue weighted by molar-refractivity contribution is 5.82. The third-order valence-corrected chi connectivity index (χ3v) is 4.33. The molecule has 2 saturated heterocycles. The van der Waals surface area contributed by atoms with E-state index in [4.69, 9.17) is 4.74 Å². The Bertz CT molecular complexity index is 592. The molecule has 0 atom stereocenters. The topological polar surface area (TPSA) is 78.9 Å². The first-order valence-corrected chi connectivity index (χ1v) is 8.31. The molecule has 0 unspecified atom stereocenters. The molecule has 0 bridgehead atoms. The van der Waals surface area contributed by atoms with Crippen molar-refractivity contribution in [3.63, 3.8) is 0 Å². The minimum absolute atomic E-state index is 0.00849. The van der Waals surface area contributed by atoms with E-state index < -0.39 is 6.09 Å². The molecule has 1 aromatic heterocycles. The lowest BCUT2D eigenvalue weighted by molar-refractivity contribution is -0.131. The molecule has 130 valence electrons. The molecule has 0 aliphatic carbocycles.